The van der Waals surface area contributed by atoms with Crippen LogP contribution in [0.1, 0.15) is 21.7 Å². The minimum atomic E-state index is -0.207. The van der Waals surface area contributed by atoms with Gasteiger partial charge in [-0.05, 0) is 48.5 Å². The molecule has 1 N–H and O–H groups in total. The lowest BCUT2D eigenvalue weighted by Gasteiger charge is -2.13. The van der Waals surface area contributed by atoms with Gasteiger partial charge in [-0.1, -0.05) is 48.5 Å². The van der Waals surface area contributed by atoms with E-state index in [0.29, 0.717) is 12.3 Å². The number of amides is 1. The molecule has 0 aliphatic carbocycles. The number of nitrogens with one attached hydrogen (secondary N) is 1. The van der Waals surface area contributed by atoms with Crippen LogP contribution in [0.3, 0.4) is 0 Å². The molecule has 3 rings (SSSR count). The third-order valence-corrected chi connectivity index (χ3v) is 3.97. The van der Waals surface area contributed by atoms with Gasteiger partial charge < -0.3 is 14.6 Å². The topological polar surface area (TPSA) is 45.5 Å². The van der Waals surface area contributed by atoms with Gasteiger partial charge in [-0.25, -0.2) is 0 Å². The van der Waals surface area contributed by atoms with E-state index in [0.717, 1.165) is 23.2 Å². The van der Waals surface area contributed by atoms with Gasteiger partial charge in [-0.15, -0.1) is 0 Å². The van der Waals surface area contributed by atoms with Gasteiger partial charge in [-0.2, -0.15) is 0 Å². The predicted octanol–water partition coefficient (Wildman–Crippen LogP) is 3.94. The summed E-state index contributed by atoms with van der Waals surface area (Å²) in [7, 11) is 4.12. The molecule has 0 saturated carbocycles. The van der Waals surface area contributed by atoms with E-state index < -0.39 is 0 Å². The van der Waals surface area contributed by atoms with E-state index in [1.54, 1.807) is 12.1 Å². The first-order valence-electron chi connectivity index (χ1n) is 8.27. The summed E-state index contributed by atoms with van der Waals surface area (Å²) in [6.07, 6.45) is 1.50. The van der Waals surface area contributed by atoms with Crippen molar-refractivity contribution in [2.75, 3.05) is 14.1 Å². The van der Waals surface area contributed by atoms with Gasteiger partial charge in [0.15, 0.2) is 5.76 Å². The number of rotatable bonds is 6. The first-order valence-corrected chi connectivity index (χ1v) is 8.27. The summed E-state index contributed by atoms with van der Waals surface area (Å²) in [6.45, 7) is 1.37. The minimum absolute atomic E-state index is 0.207. The number of hydrogen-bond acceptors (Lipinski definition) is 3. The van der Waals surface area contributed by atoms with Gasteiger partial charge in [0.25, 0.3) is 5.91 Å². The van der Waals surface area contributed by atoms with Crippen LogP contribution >= 0.6 is 0 Å². The fourth-order valence-corrected chi connectivity index (χ4v) is 2.78. The van der Waals surface area contributed by atoms with Gasteiger partial charge >= 0.3 is 0 Å². The van der Waals surface area contributed by atoms with E-state index in [9.17, 15) is 4.79 Å². The largest absolute Gasteiger partial charge is 0.459 e. The number of carbonyl (C=O) groups is 1. The maximum absolute atomic E-state index is 12.1. The fraction of sp³-hybridized carbons (Fsp3) is 0.190. The van der Waals surface area contributed by atoms with Crippen LogP contribution in [0.5, 0.6) is 0 Å². The van der Waals surface area contributed by atoms with Gasteiger partial charge in [0.2, 0.25) is 0 Å². The molecule has 4 heteroatoms. The fourth-order valence-electron chi connectivity index (χ4n) is 2.78. The number of benzene rings is 2. The minimum Gasteiger partial charge on any atom is -0.459 e. The van der Waals surface area contributed by atoms with Gasteiger partial charge in [0.05, 0.1) is 6.26 Å². The number of hydrogen-bond donors (Lipinski definition) is 1. The molecule has 4 nitrogen and oxygen atoms in total. The molecule has 0 aliphatic heterocycles. The molecule has 25 heavy (non-hydrogen) atoms. The zero-order valence-electron chi connectivity index (χ0n) is 14.5. The monoisotopic (exact) mass is 334 g/mol. The molecular formula is C21H22N2O2. The van der Waals surface area contributed by atoms with Crippen molar-refractivity contribution in [2.24, 2.45) is 0 Å². The van der Waals surface area contributed by atoms with E-state index in [1.807, 2.05) is 18.2 Å². The third kappa shape index (κ3) is 4.37. The SMILES string of the molecule is CN(C)Cc1ccc(-c2ccccc2CNC(=O)c2ccco2)cc1. The summed E-state index contributed by atoms with van der Waals surface area (Å²) in [6, 6.07) is 20.0. The Labute approximate surface area is 148 Å². The molecule has 0 saturated heterocycles. The van der Waals surface area contributed by atoms with E-state index >= 15 is 0 Å². The van der Waals surface area contributed by atoms with Crippen molar-refractivity contribution in [3.05, 3.63) is 83.8 Å². The Morgan fingerprint density at radius 2 is 1.76 bits per heavy atom. The van der Waals surface area contributed by atoms with Crippen LogP contribution in [0.25, 0.3) is 11.1 Å². The Kier molecular flexibility index (Phi) is 5.31. The quantitative estimate of drug-likeness (QED) is 0.743. The molecule has 2 aromatic carbocycles. The van der Waals surface area contributed by atoms with Crippen molar-refractivity contribution in [1.82, 2.24) is 10.2 Å². The van der Waals surface area contributed by atoms with Crippen molar-refractivity contribution < 1.29 is 9.21 Å². The van der Waals surface area contributed by atoms with Gasteiger partial charge in [-0.3, -0.25) is 4.79 Å². The Morgan fingerprint density at radius 1 is 1.00 bits per heavy atom. The Balaban J connectivity index is 1.75. The van der Waals surface area contributed by atoms with Crippen molar-refractivity contribution in [1.29, 1.82) is 0 Å². The molecule has 1 heterocycles. The van der Waals surface area contributed by atoms with Crippen molar-refractivity contribution in [2.45, 2.75) is 13.1 Å². The first kappa shape index (κ1) is 17.0. The zero-order chi connectivity index (χ0) is 17.6. The molecule has 0 radical (unpaired) electrons. The average molecular weight is 334 g/mol. The van der Waals surface area contributed by atoms with E-state index in [2.05, 4.69) is 54.6 Å². The number of furan rings is 1. The smallest absolute Gasteiger partial charge is 0.287 e. The van der Waals surface area contributed by atoms with Gasteiger partial charge in [0.1, 0.15) is 0 Å². The first-order chi connectivity index (χ1) is 12.1. The molecule has 128 valence electrons. The zero-order valence-corrected chi connectivity index (χ0v) is 14.5. The van der Waals surface area contributed by atoms with Crippen LogP contribution in [-0.2, 0) is 13.1 Å². The highest BCUT2D eigenvalue weighted by molar-refractivity contribution is 5.91. The lowest BCUT2D eigenvalue weighted by molar-refractivity contribution is 0.0923. The molecule has 0 bridgehead atoms. The van der Waals surface area contributed by atoms with Crippen LogP contribution in [0.2, 0.25) is 0 Å². The molecule has 0 unspecified atom stereocenters. The van der Waals surface area contributed by atoms with Crippen LogP contribution in [0.15, 0.2) is 71.3 Å². The van der Waals surface area contributed by atoms with E-state index in [4.69, 9.17) is 4.42 Å². The molecule has 0 fully saturated rings. The van der Waals surface area contributed by atoms with E-state index in [1.165, 1.54) is 11.8 Å². The highest BCUT2D eigenvalue weighted by Crippen LogP contribution is 2.24. The molecule has 1 aromatic heterocycles. The lowest BCUT2D eigenvalue weighted by Crippen LogP contribution is -2.22. The second kappa shape index (κ2) is 7.81. The summed E-state index contributed by atoms with van der Waals surface area (Å²) in [4.78, 5) is 14.2. The standard InChI is InChI=1S/C21H22N2O2/c1-23(2)15-16-9-11-17(12-10-16)19-7-4-3-6-18(19)14-22-21(24)20-8-5-13-25-20/h3-13H,14-15H2,1-2H3,(H,22,24). The maximum Gasteiger partial charge on any atom is 0.287 e. The molecule has 3 aromatic rings. The van der Waals surface area contributed by atoms with Crippen molar-refractivity contribution in [3.63, 3.8) is 0 Å². The van der Waals surface area contributed by atoms with Crippen LogP contribution in [0.4, 0.5) is 0 Å². The highest BCUT2D eigenvalue weighted by Gasteiger charge is 2.10. The second-order valence-corrected chi connectivity index (χ2v) is 6.25. The average Bonchev–Trinajstić information content (AvgIpc) is 3.15. The Bertz CT molecular complexity index is 821. The third-order valence-electron chi connectivity index (χ3n) is 3.97. The summed E-state index contributed by atoms with van der Waals surface area (Å²) in [5, 5.41) is 2.91. The van der Waals surface area contributed by atoms with Crippen LogP contribution in [-0.4, -0.2) is 24.9 Å². The predicted molar refractivity (Wildman–Crippen MR) is 99.1 cm³/mol. The summed E-state index contributed by atoms with van der Waals surface area (Å²) in [5.41, 5.74) is 4.61. The van der Waals surface area contributed by atoms with Crippen molar-refractivity contribution >= 4 is 5.91 Å². The summed E-state index contributed by atoms with van der Waals surface area (Å²) < 4.78 is 5.13. The second-order valence-electron chi connectivity index (χ2n) is 6.25. The summed E-state index contributed by atoms with van der Waals surface area (Å²) >= 11 is 0. The summed E-state index contributed by atoms with van der Waals surface area (Å²) in [5.74, 6) is 0.117. The van der Waals surface area contributed by atoms with Gasteiger partial charge in [0, 0.05) is 13.1 Å². The molecule has 0 atom stereocenters. The van der Waals surface area contributed by atoms with Crippen LogP contribution in [0, 0.1) is 0 Å². The molecular weight excluding hydrogens is 312 g/mol. The molecule has 0 spiro atoms. The molecule has 0 aliphatic rings. The Hall–Kier alpha value is -2.85. The Morgan fingerprint density at radius 3 is 2.44 bits per heavy atom. The lowest BCUT2D eigenvalue weighted by atomic mass is 9.98. The van der Waals surface area contributed by atoms with Crippen LogP contribution < -0.4 is 5.32 Å². The molecule has 1 amide bonds. The normalized spacial score (nSPS) is 10.8. The maximum atomic E-state index is 12.1. The van der Waals surface area contributed by atoms with Crippen molar-refractivity contribution in [3.8, 4) is 11.1 Å². The number of nitrogens with zero attached hydrogens (tertiary/aromatic N) is 1. The highest BCUT2D eigenvalue weighted by atomic mass is 16.3. The van der Waals surface area contributed by atoms with E-state index in [-0.39, 0.29) is 5.91 Å². The number of carbonyl (C=O) groups excluding carboxylic acids is 1.